The van der Waals surface area contributed by atoms with Gasteiger partial charge in [0.1, 0.15) is 5.82 Å². The summed E-state index contributed by atoms with van der Waals surface area (Å²) in [6.45, 7) is 3.24. The van der Waals surface area contributed by atoms with Gasteiger partial charge in [-0.1, -0.05) is 42.5 Å². The van der Waals surface area contributed by atoms with Gasteiger partial charge < -0.3 is 5.11 Å². The number of rotatable bonds is 5. The third kappa shape index (κ3) is 5.11. The Labute approximate surface area is 211 Å². The highest BCUT2D eigenvalue weighted by atomic mass is 32.2. The van der Waals surface area contributed by atoms with Crippen LogP contribution in [0.25, 0.3) is 12.2 Å². The molecule has 0 amide bonds. The second-order valence-electron chi connectivity index (χ2n) is 8.93. The highest BCUT2D eigenvalue weighted by Gasteiger charge is 2.42. The van der Waals surface area contributed by atoms with Crippen molar-refractivity contribution < 1.29 is 35.9 Å². The van der Waals surface area contributed by atoms with E-state index in [2.05, 4.69) is 0 Å². The van der Waals surface area contributed by atoms with E-state index in [4.69, 9.17) is 0 Å². The molecule has 1 N–H and O–H groups in total. The summed E-state index contributed by atoms with van der Waals surface area (Å²) in [6, 6.07) is 12.5. The molecule has 0 aromatic heterocycles. The smallest absolute Gasteiger partial charge is 0.417 e. The number of anilines is 1. The van der Waals surface area contributed by atoms with Crippen molar-refractivity contribution in [2.24, 2.45) is 5.92 Å². The third-order valence-electron chi connectivity index (χ3n) is 6.40. The van der Waals surface area contributed by atoms with E-state index in [1.54, 1.807) is 25.1 Å². The number of aryl methyl sites for hydroxylation is 1. The van der Waals surface area contributed by atoms with Crippen molar-refractivity contribution in [2.45, 2.75) is 37.4 Å². The fourth-order valence-corrected chi connectivity index (χ4v) is 6.34. The molecule has 1 aliphatic rings. The largest absolute Gasteiger partial charge is 0.481 e. The number of carbonyl (C=O) groups is 1. The zero-order chi connectivity index (χ0) is 27.1. The van der Waals surface area contributed by atoms with Gasteiger partial charge in [0.15, 0.2) is 0 Å². The maximum Gasteiger partial charge on any atom is 0.417 e. The number of carboxylic acid groups (broad SMARTS) is 1. The molecule has 37 heavy (non-hydrogen) atoms. The second kappa shape index (κ2) is 9.66. The number of nitrogens with zero attached hydrogens (tertiary/aromatic N) is 1. The van der Waals surface area contributed by atoms with Crippen molar-refractivity contribution in [1.29, 1.82) is 0 Å². The SMILES string of the molecule is Cc1cccc(S(=O)(=O)N2c3cc(/C=C/c4c(F)cccc4C(F)(F)F)ccc3C[C@@H](C(=O)O)[C@H]2C)c1. The molecule has 1 heterocycles. The first-order valence-electron chi connectivity index (χ1n) is 11.3. The lowest BCUT2D eigenvalue weighted by Gasteiger charge is -2.39. The van der Waals surface area contributed by atoms with E-state index in [-0.39, 0.29) is 17.0 Å². The Bertz CT molecular complexity index is 1500. The normalized spacial score (nSPS) is 18.2. The van der Waals surface area contributed by atoms with Crippen LogP contribution in [0.2, 0.25) is 0 Å². The van der Waals surface area contributed by atoms with E-state index in [9.17, 15) is 35.9 Å². The lowest BCUT2D eigenvalue weighted by atomic mass is 9.87. The van der Waals surface area contributed by atoms with Crippen molar-refractivity contribution in [3.8, 4) is 0 Å². The first kappa shape index (κ1) is 26.4. The van der Waals surface area contributed by atoms with Crippen molar-refractivity contribution in [3.63, 3.8) is 0 Å². The quantitative estimate of drug-likeness (QED) is 0.315. The Hall–Kier alpha value is -3.66. The molecule has 0 radical (unpaired) electrons. The average Bonchev–Trinajstić information content (AvgIpc) is 2.81. The van der Waals surface area contributed by atoms with Crippen LogP contribution >= 0.6 is 0 Å². The van der Waals surface area contributed by atoms with Gasteiger partial charge in [-0.2, -0.15) is 13.2 Å². The summed E-state index contributed by atoms with van der Waals surface area (Å²) >= 11 is 0. The maximum atomic E-state index is 14.3. The molecule has 0 unspecified atom stereocenters. The van der Waals surface area contributed by atoms with Crippen LogP contribution in [0.15, 0.2) is 65.6 Å². The minimum atomic E-state index is -4.77. The number of fused-ring (bicyclic) bond motifs is 1. The molecule has 10 heteroatoms. The molecule has 3 aromatic carbocycles. The summed E-state index contributed by atoms with van der Waals surface area (Å²) in [4.78, 5) is 11.9. The van der Waals surface area contributed by atoms with Gasteiger partial charge in [0.05, 0.1) is 28.1 Å². The van der Waals surface area contributed by atoms with Crippen LogP contribution in [0, 0.1) is 18.7 Å². The number of hydrogen-bond acceptors (Lipinski definition) is 3. The fourth-order valence-electron chi connectivity index (χ4n) is 4.52. The minimum absolute atomic E-state index is 0.0153. The molecule has 0 fully saturated rings. The van der Waals surface area contributed by atoms with Gasteiger partial charge >= 0.3 is 12.1 Å². The molecule has 3 aromatic rings. The summed E-state index contributed by atoms with van der Waals surface area (Å²) in [5, 5.41) is 9.75. The topological polar surface area (TPSA) is 74.7 Å². The number of halogens is 4. The van der Waals surface area contributed by atoms with Crippen LogP contribution in [0.3, 0.4) is 0 Å². The molecule has 1 aliphatic heterocycles. The maximum absolute atomic E-state index is 14.3. The first-order chi connectivity index (χ1) is 17.3. The Balaban J connectivity index is 1.83. The molecule has 5 nitrogen and oxygen atoms in total. The van der Waals surface area contributed by atoms with Gasteiger partial charge in [-0.05, 0) is 67.3 Å². The van der Waals surface area contributed by atoms with E-state index >= 15 is 0 Å². The lowest BCUT2D eigenvalue weighted by Crippen LogP contribution is -2.49. The second-order valence-corrected chi connectivity index (χ2v) is 10.7. The van der Waals surface area contributed by atoms with Gasteiger partial charge in [-0.15, -0.1) is 0 Å². The Morgan fingerprint density at radius 2 is 1.76 bits per heavy atom. The van der Waals surface area contributed by atoms with Crippen LogP contribution in [0.1, 0.15) is 34.7 Å². The van der Waals surface area contributed by atoms with Gasteiger partial charge in [0.25, 0.3) is 10.0 Å². The van der Waals surface area contributed by atoms with E-state index < -0.39 is 51.1 Å². The molecule has 4 rings (SSSR count). The molecule has 0 bridgehead atoms. The van der Waals surface area contributed by atoms with Crippen molar-refractivity contribution in [3.05, 3.63) is 94.3 Å². The van der Waals surface area contributed by atoms with E-state index in [1.165, 1.54) is 37.3 Å². The lowest BCUT2D eigenvalue weighted by molar-refractivity contribution is -0.142. The Morgan fingerprint density at radius 3 is 2.41 bits per heavy atom. The molecule has 0 spiro atoms. The molecule has 0 saturated heterocycles. The Kier molecular flexibility index (Phi) is 6.89. The van der Waals surface area contributed by atoms with Gasteiger partial charge in [0.2, 0.25) is 0 Å². The molecule has 194 valence electrons. The molecular formula is C27H23F4NO4S. The Morgan fingerprint density at radius 1 is 1.05 bits per heavy atom. The summed E-state index contributed by atoms with van der Waals surface area (Å²) < 4.78 is 82.9. The fraction of sp³-hybridized carbons (Fsp3) is 0.222. The monoisotopic (exact) mass is 533 g/mol. The molecule has 0 aliphatic carbocycles. The minimum Gasteiger partial charge on any atom is -0.481 e. The van der Waals surface area contributed by atoms with Gasteiger partial charge in [-0.25, -0.2) is 12.8 Å². The number of carboxylic acids is 1. The van der Waals surface area contributed by atoms with Gasteiger partial charge in [0, 0.05) is 5.56 Å². The zero-order valence-electron chi connectivity index (χ0n) is 19.8. The first-order valence-corrected chi connectivity index (χ1v) is 12.8. The van der Waals surface area contributed by atoms with Crippen molar-refractivity contribution in [1.82, 2.24) is 0 Å². The van der Waals surface area contributed by atoms with E-state index in [0.717, 1.165) is 28.6 Å². The predicted molar refractivity (Wildman–Crippen MR) is 132 cm³/mol. The van der Waals surface area contributed by atoms with Gasteiger partial charge in [-0.3, -0.25) is 9.10 Å². The third-order valence-corrected chi connectivity index (χ3v) is 8.30. The van der Waals surface area contributed by atoms with Crippen LogP contribution < -0.4 is 4.31 Å². The van der Waals surface area contributed by atoms with E-state index in [0.29, 0.717) is 16.7 Å². The molecule has 2 atom stereocenters. The number of alkyl halides is 3. The highest BCUT2D eigenvalue weighted by Crippen LogP contribution is 2.39. The molecular weight excluding hydrogens is 510 g/mol. The summed E-state index contributed by atoms with van der Waals surface area (Å²) in [6.07, 6.45) is -2.44. The van der Waals surface area contributed by atoms with E-state index in [1.807, 2.05) is 0 Å². The summed E-state index contributed by atoms with van der Waals surface area (Å²) in [5.74, 6) is -3.21. The van der Waals surface area contributed by atoms with Crippen LogP contribution in [0.4, 0.5) is 23.2 Å². The predicted octanol–water partition coefficient (Wildman–Crippen LogP) is 6.16. The number of aliphatic carboxylic acids is 1. The number of sulfonamides is 1. The molecule has 0 saturated carbocycles. The van der Waals surface area contributed by atoms with Crippen molar-refractivity contribution >= 4 is 33.8 Å². The van der Waals surface area contributed by atoms with Crippen LogP contribution in [-0.2, 0) is 27.4 Å². The zero-order valence-corrected chi connectivity index (χ0v) is 20.6. The summed E-state index contributed by atoms with van der Waals surface area (Å²) in [7, 11) is -4.19. The van der Waals surface area contributed by atoms with Crippen molar-refractivity contribution in [2.75, 3.05) is 4.31 Å². The number of hydrogen-bond donors (Lipinski definition) is 1. The van der Waals surface area contributed by atoms with Crippen LogP contribution in [0.5, 0.6) is 0 Å². The van der Waals surface area contributed by atoms with Crippen LogP contribution in [-0.4, -0.2) is 25.5 Å². The number of benzene rings is 3. The highest BCUT2D eigenvalue weighted by molar-refractivity contribution is 7.92. The average molecular weight is 534 g/mol. The summed E-state index contributed by atoms with van der Waals surface area (Å²) in [5.41, 5.74) is -0.0816. The standard InChI is InChI=1S/C27H23F4NO4S/c1-16-5-3-6-20(13-16)37(35,36)32-17(2)22(26(33)34)15-19-11-9-18(14-25(19)32)10-12-21-23(27(29,30)31)7-4-8-24(21)28/h3-14,17,22H,15H2,1-2H3,(H,33,34)/b12-10+/t17-,22-/m1/s1.